The molecule has 0 atom stereocenters. The van der Waals surface area contributed by atoms with E-state index in [1.807, 2.05) is 18.2 Å². The number of aromatic amines is 1. The number of fused-ring (bicyclic) bond motifs is 3. The molecule has 0 amide bonds. The van der Waals surface area contributed by atoms with Crippen LogP contribution in [0.3, 0.4) is 0 Å². The molecule has 96 valence electrons. The summed E-state index contributed by atoms with van der Waals surface area (Å²) in [6, 6.07) is 9.09. The normalized spacial score (nSPS) is 11.3. The number of carboxylic acids is 1. The summed E-state index contributed by atoms with van der Waals surface area (Å²) >= 11 is 12.2. The van der Waals surface area contributed by atoms with E-state index in [2.05, 4.69) is 4.98 Å². The number of hydrogen-bond acceptors (Lipinski definition) is 1. The van der Waals surface area contributed by atoms with Crippen LogP contribution in [-0.4, -0.2) is 16.1 Å². The largest absolute Gasteiger partial charge is 0.481 e. The quantitative estimate of drug-likeness (QED) is 0.742. The molecule has 5 heteroatoms. The number of carboxylic acid groups (broad SMARTS) is 1. The molecule has 2 N–H and O–H groups in total. The third kappa shape index (κ3) is 2.05. The van der Waals surface area contributed by atoms with E-state index in [-0.39, 0.29) is 6.42 Å². The topological polar surface area (TPSA) is 53.1 Å². The van der Waals surface area contributed by atoms with Crippen molar-refractivity contribution in [3.8, 4) is 0 Å². The second-order valence-corrected chi connectivity index (χ2v) is 5.14. The molecule has 0 unspecified atom stereocenters. The van der Waals surface area contributed by atoms with Crippen molar-refractivity contribution in [1.82, 2.24) is 4.98 Å². The van der Waals surface area contributed by atoms with Gasteiger partial charge in [-0.15, -0.1) is 0 Å². The fourth-order valence-corrected chi connectivity index (χ4v) is 2.68. The zero-order chi connectivity index (χ0) is 13.6. The van der Waals surface area contributed by atoms with E-state index in [1.54, 1.807) is 12.1 Å². The van der Waals surface area contributed by atoms with E-state index in [9.17, 15) is 4.79 Å². The minimum absolute atomic E-state index is 0.000205. The molecule has 0 radical (unpaired) electrons. The van der Waals surface area contributed by atoms with Crippen molar-refractivity contribution >= 4 is 51.0 Å². The molecule has 0 saturated carbocycles. The molecule has 0 aliphatic carbocycles. The Kier molecular flexibility index (Phi) is 2.88. The fraction of sp³-hybridized carbons (Fsp3) is 0.0714. The molecular formula is C14H9Cl2NO2. The van der Waals surface area contributed by atoms with Gasteiger partial charge in [-0.2, -0.15) is 0 Å². The maximum absolute atomic E-state index is 10.7. The van der Waals surface area contributed by atoms with Gasteiger partial charge in [0.05, 0.1) is 16.5 Å². The molecule has 0 spiro atoms. The lowest BCUT2D eigenvalue weighted by atomic mass is 10.1. The minimum Gasteiger partial charge on any atom is -0.481 e. The Morgan fingerprint density at radius 1 is 1.16 bits per heavy atom. The predicted octanol–water partition coefficient (Wildman–Crippen LogP) is 4.26. The summed E-state index contributed by atoms with van der Waals surface area (Å²) in [5, 5.41) is 11.6. The number of halogens is 2. The molecule has 0 aliphatic heterocycles. The van der Waals surface area contributed by atoms with Crippen LogP contribution in [0.4, 0.5) is 0 Å². The average molecular weight is 294 g/mol. The highest BCUT2D eigenvalue weighted by atomic mass is 35.5. The van der Waals surface area contributed by atoms with Gasteiger partial charge >= 0.3 is 5.97 Å². The maximum atomic E-state index is 10.7. The van der Waals surface area contributed by atoms with E-state index < -0.39 is 5.97 Å². The summed E-state index contributed by atoms with van der Waals surface area (Å²) in [7, 11) is 0. The molecule has 3 aromatic rings. The second-order valence-electron chi connectivity index (χ2n) is 4.36. The first kappa shape index (κ1) is 12.3. The third-order valence-corrected chi connectivity index (χ3v) is 3.88. The number of rotatable bonds is 2. The summed E-state index contributed by atoms with van der Waals surface area (Å²) in [6.07, 6.45) is -0.000205. The van der Waals surface area contributed by atoms with Gasteiger partial charge in [-0.25, -0.2) is 0 Å². The van der Waals surface area contributed by atoms with E-state index >= 15 is 0 Å². The van der Waals surface area contributed by atoms with Crippen LogP contribution < -0.4 is 0 Å². The number of hydrogen-bond donors (Lipinski definition) is 2. The Morgan fingerprint density at radius 2 is 1.95 bits per heavy atom. The van der Waals surface area contributed by atoms with E-state index in [0.717, 1.165) is 27.4 Å². The number of carbonyl (C=O) groups is 1. The van der Waals surface area contributed by atoms with Gasteiger partial charge in [-0.1, -0.05) is 35.3 Å². The second kappa shape index (κ2) is 4.44. The minimum atomic E-state index is -0.850. The Morgan fingerprint density at radius 3 is 2.68 bits per heavy atom. The molecule has 3 nitrogen and oxygen atoms in total. The number of nitrogens with one attached hydrogen (secondary N) is 1. The van der Waals surface area contributed by atoms with E-state index in [1.165, 1.54) is 0 Å². The Hall–Kier alpha value is -1.71. The Bertz CT molecular complexity index is 808. The van der Waals surface area contributed by atoms with Crippen molar-refractivity contribution < 1.29 is 9.90 Å². The molecular weight excluding hydrogens is 285 g/mol. The number of aromatic nitrogens is 1. The van der Waals surface area contributed by atoms with Crippen LogP contribution in [0.25, 0.3) is 21.8 Å². The SMILES string of the molecule is O=C(O)Cc1ccc2c(c1)[nH]c1ccc(Cl)c(Cl)c12. The van der Waals surface area contributed by atoms with Crippen molar-refractivity contribution in [2.75, 3.05) is 0 Å². The van der Waals surface area contributed by atoms with Crippen molar-refractivity contribution in [1.29, 1.82) is 0 Å². The first-order valence-corrected chi connectivity index (χ1v) is 6.42. The highest BCUT2D eigenvalue weighted by molar-refractivity contribution is 6.46. The maximum Gasteiger partial charge on any atom is 0.307 e. The van der Waals surface area contributed by atoms with Crippen molar-refractivity contribution in [2.45, 2.75) is 6.42 Å². The lowest BCUT2D eigenvalue weighted by molar-refractivity contribution is -0.136. The van der Waals surface area contributed by atoms with Gasteiger partial charge in [-0.05, 0) is 23.8 Å². The van der Waals surface area contributed by atoms with Gasteiger partial charge in [0, 0.05) is 21.8 Å². The van der Waals surface area contributed by atoms with E-state index in [4.69, 9.17) is 28.3 Å². The predicted molar refractivity (Wildman–Crippen MR) is 77.2 cm³/mol. The monoisotopic (exact) mass is 293 g/mol. The zero-order valence-electron chi connectivity index (χ0n) is 9.71. The highest BCUT2D eigenvalue weighted by Gasteiger charge is 2.11. The highest BCUT2D eigenvalue weighted by Crippen LogP contribution is 2.36. The van der Waals surface area contributed by atoms with Crippen molar-refractivity contribution in [3.63, 3.8) is 0 Å². The standard InChI is InChI=1S/C14H9Cl2NO2/c15-9-3-4-10-13(14(9)16)8-2-1-7(6-12(18)19)5-11(8)17-10/h1-5,17H,6H2,(H,18,19). The van der Waals surface area contributed by atoms with Crippen LogP contribution in [0, 0.1) is 0 Å². The van der Waals surface area contributed by atoms with Crippen LogP contribution in [0.2, 0.25) is 10.0 Å². The number of aliphatic carboxylic acids is 1. The van der Waals surface area contributed by atoms with Gasteiger partial charge in [0.25, 0.3) is 0 Å². The van der Waals surface area contributed by atoms with Gasteiger partial charge in [0.15, 0.2) is 0 Å². The summed E-state index contributed by atoms with van der Waals surface area (Å²) in [5.74, 6) is -0.850. The molecule has 3 rings (SSSR count). The molecule has 0 saturated heterocycles. The molecule has 19 heavy (non-hydrogen) atoms. The average Bonchev–Trinajstić information content (AvgIpc) is 2.71. The summed E-state index contributed by atoms with van der Waals surface area (Å²) < 4.78 is 0. The number of benzene rings is 2. The first-order chi connectivity index (χ1) is 9.06. The molecule has 0 bridgehead atoms. The molecule has 1 heterocycles. The third-order valence-electron chi connectivity index (χ3n) is 3.07. The van der Waals surface area contributed by atoms with Crippen molar-refractivity contribution in [3.05, 3.63) is 45.9 Å². The fourth-order valence-electron chi connectivity index (χ4n) is 2.26. The van der Waals surface area contributed by atoms with Gasteiger partial charge in [-0.3, -0.25) is 4.79 Å². The van der Waals surface area contributed by atoms with Gasteiger partial charge < -0.3 is 10.1 Å². The number of H-pyrrole nitrogens is 1. The lowest BCUT2D eigenvalue weighted by Crippen LogP contribution is -1.99. The molecule has 1 aromatic heterocycles. The Labute approximate surface area is 118 Å². The van der Waals surface area contributed by atoms with Crippen LogP contribution in [0.1, 0.15) is 5.56 Å². The zero-order valence-corrected chi connectivity index (χ0v) is 11.2. The van der Waals surface area contributed by atoms with Crippen LogP contribution >= 0.6 is 23.2 Å². The summed E-state index contributed by atoms with van der Waals surface area (Å²) in [6.45, 7) is 0. The summed E-state index contributed by atoms with van der Waals surface area (Å²) in [4.78, 5) is 14.0. The van der Waals surface area contributed by atoms with Gasteiger partial charge in [0.2, 0.25) is 0 Å². The first-order valence-electron chi connectivity index (χ1n) is 5.66. The van der Waals surface area contributed by atoms with Crippen LogP contribution in [0.15, 0.2) is 30.3 Å². The van der Waals surface area contributed by atoms with Crippen LogP contribution in [-0.2, 0) is 11.2 Å². The van der Waals surface area contributed by atoms with Crippen molar-refractivity contribution in [2.24, 2.45) is 0 Å². The molecule has 0 aliphatic rings. The Balaban J connectivity index is 2.29. The van der Waals surface area contributed by atoms with E-state index in [0.29, 0.717) is 10.0 Å². The molecule has 0 fully saturated rings. The lowest BCUT2D eigenvalue weighted by Gasteiger charge is -1.99. The smallest absolute Gasteiger partial charge is 0.307 e. The van der Waals surface area contributed by atoms with Gasteiger partial charge in [0.1, 0.15) is 0 Å². The van der Waals surface area contributed by atoms with Crippen LogP contribution in [0.5, 0.6) is 0 Å². The molecule has 2 aromatic carbocycles. The summed E-state index contributed by atoms with van der Waals surface area (Å²) in [5.41, 5.74) is 2.49.